The van der Waals surface area contributed by atoms with E-state index in [4.69, 9.17) is 9.15 Å². The van der Waals surface area contributed by atoms with E-state index in [1.54, 1.807) is 23.5 Å². The first-order valence-electron chi connectivity index (χ1n) is 8.46. The highest BCUT2D eigenvalue weighted by atomic mass is 32.1. The van der Waals surface area contributed by atoms with E-state index < -0.39 is 0 Å². The molecule has 2 aromatic heterocycles. The maximum absolute atomic E-state index is 12.0. The smallest absolute Gasteiger partial charge is 0.287 e. The van der Waals surface area contributed by atoms with E-state index in [1.165, 1.54) is 18.2 Å². The van der Waals surface area contributed by atoms with Crippen LogP contribution in [-0.4, -0.2) is 43.2 Å². The molecule has 0 radical (unpaired) electrons. The van der Waals surface area contributed by atoms with Gasteiger partial charge in [0.25, 0.3) is 5.91 Å². The summed E-state index contributed by atoms with van der Waals surface area (Å²) < 4.78 is 11.1. The summed E-state index contributed by atoms with van der Waals surface area (Å²) >= 11 is 1.75. The van der Waals surface area contributed by atoms with Crippen molar-refractivity contribution in [1.82, 2.24) is 10.2 Å². The summed E-state index contributed by atoms with van der Waals surface area (Å²) in [6, 6.07) is 5.60. The zero-order chi connectivity index (χ0) is 16.4. The van der Waals surface area contributed by atoms with Gasteiger partial charge in [-0.25, -0.2) is 0 Å². The molecule has 24 heavy (non-hydrogen) atoms. The van der Waals surface area contributed by atoms with Crippen molar-refractivity contribution in [3.63, 3.8) is 0 Å². The molecule has 0 spiro atoms. The number of thiophene rings is 1. The van der Waals surface area contributed by atoms with Crippen LogP contribution < -0.4 is 5.32 Å². The molecular weight excluding hydrogens is 324 g/mol. The lowest BCUT2D eigenvalue weighted by Crippen LogP contribution is -2.45. The molecule has 0 unspecified atom stereocenters. The molecule has 5 nitrogen and oxygen atoms in total. The average Bonchev–Trinajstić information content (AvgIpc) is 3.34. The molecule has 2 aliphatic rings. The Balaban J connectivity index is 1.32. The highest BCUT2D eigenvalue weighted by molar-refractivity contribution is 7.07. The molecule has 2 aromatic rings. The number of ether oxygens (including phenoxy) is 1. The summed E-state index contributed by atoms with van der Waals surface area (Å²) in [4.78, 5) is 14.5. The monoisotopic (exact) mass is 346 g/mol. The molecule has 2 saturated heterocycles. The number of rotatable bonds is 5. The zero-order valence-corrected chi connectivity index (χ0v) is 14.3. The zero-order valence-electron chi connectivity index (χ0n) is 13.5. The van der Waals surface area contributed by atoms with E-state index in [-0.39, 0.29) is 12.0 Å². The molecule has 2 fully saturated rings. The van der Waals surface area contributed by atoms with Crippen LogP contribution in [0.4, 0.5) is 0 Å². The van der Waals surface area contributed by atoms with Crippen LogP contribution >= 0.6 is 11.3 Å². The Hall–Kier alpha value is -1.63. The summed E-state index contributed by atoms with van der Waals surface area (Å²) in [5, 5.41) is 7.30. The number of carbonyl (C=O) groups excluding carboxylic acids is 1. The molecule has 1 amide bonds. The second-order valence-electron chi connectivity index (χ2n) is 6.64. The van der Waals surface area contributed by atoms with Crippen molar-refractivity contribution in [2.75, 3.05) is 26.2 Å². The van der Waals surface area contributed by atoms with Crippen LogP contribution in [0.3, 0.4) is 0 Å². The SMILES string of the molecule is O=C(NC[C@H]1OC[C@@H]2CCN(Cc3ccsc3)C[C@@H]21)c1ccco1. The largest absolute Gasteiger partial charge is 0.459 e. The van der Waals surface area contributed by atoms with E-state index in [9.17, 15) is 4.79 Å². The van der Waals surface area contributed by atoms with Gasteiger partial charge in [-0.3, -0.25) is 9.69 Å². The minimum absolute atomic E-state index is 0.0965. The van der Waals surface area contributed by atoms with Crippen LogP contribution in [0.2, 0.25) is 0 Å². The molecule has 1 N–H and O–H groups in total. The number of nitrogens with zero attached hydrogens (tertiary/aromatic N) is 1. The number of hydrogen-bond donors (Lipinski definition) is 1. The maximum atomic E-state index is 12.0. The van der Waals surface area contributed by atoms with Crippen LogP contribution in [0.5, 0.6) is 0 Å². The lowest BCUT2D eigenvalue weighted by Gasteiger charge is -2.35. The Labute approximate surface area is 145 Å². The van der Waals surface area contributed by atoms with Crippen LogP contribution in [0.1, 0.15) is 22.5 Å². The molecule has 0 aliphatic carbocycles. The van der Waals surface area contributed by atoms with Gasteiger partial charge in [0.05, 0.1) is 19.0 Å². The molecule has 128 valence electrons. The minimum Gasteiger partial charge on any atom is -0.459 e. The molecule has 4 heterocycles. The topological polar surface area (TPSA) is 54.7 Å². The third-order valence-corrected chi connectivity index (χ3v) is 5.82. The van der Waals surface area contributed by atoms with Crippen molar-refractivity contribution in [2.45, 2.75) is 19.1 Å². The van der Waals surface area contributed by atoms with Gasteiger partial charge in [-0.2, -0.15) is 11.3 Å². The van der Waals surface area contributed by atoms with Gasteiger partial charge < -0.3 is 14.5 Å². The van der Waals surface area contributed by atoms with Crippen molar-refractivity contribution < 1.29 is 13.9 Å². The van der Waals surface area contributed by atoms with Gasteiger partial charge in [-0.15, -0.1) is 0 Å². The van der Waals surface area contributed by atoms with Crippen molar-refractivity contribution in [1.29, 1.82) is 0 Å². The van der Waals surface area contributed by atoms with Gasteiger partial charge in [0, 0.05) is 25.6 Å². The van der Waals surface area contributed by atoms with Crippen molar-refractivity contribution >= 4 is 17.2 Å². The predicted molar refractivity (Wildman–Crippen MR) is 92.0 cm³/mol. The Morgan fingerprint density at radius 2 is 2.38 bits per heavy atom. The number of nitrogens with one attached hydrogen (secondary N) is 1. The summed E-state index contributed by atoms with van der Waals surface area (Å²) in [5.74, 6) is 1.30. The molecule has 0 aromatic carbocycles. The van der Waals surface area contributed by atoms with Gasteiger partial charge in [0.2, 0.25) is 0 Å². The fourth-order valence-electron chi connectivity index (χ4n) is 3.78. The minimum atomic E-state index is -0.169. The van der Waals surface area contributed by atoms with Gasteiger partial charge in [0.1, 0.15) is 0 Å². The van der Waals surface area contributed by atoms with Crippen LogP contribution in [-0.2, 0) is 11.3 Å². The first-order chi connectivity index (χ1) is 11.8. The van der Waals surface area contributed by atoms with Crippen molar-refractivity contribution in [3.05, 3.63) is 46.5 Å². The van der Waals surface area contributed by atoms with Gasteiger partial charge in [0.15, 0.2) is 5.76 Å². The molecule has 6 heteroatoms. The van der Waals surface area contributed by atoms with Crippen LogP contribution in [0.15, 0.2) is 39.6 Å². The third-order valence-electron chi connectivity index (χ3n) is 5.09. The van der Waals surface area contributed by atoms with E-state index in [2.05, 4.69) is 27.0 Å². The van der Waals surface area contributed by atoms with E-state index in [0.29, 0.717) is 24.1 Å². The number of furan rings is 1. The normalized spacial score (nSPS) is 27.1. The number of piperidine rings is 1. The second-order valence-corrected chi connectivity index (χ2v) is 7.42. The predicted octanol–water partition coefficient (Wildman–Crippen LogP) is 2.61. The fraction of sp³-hybridized carbons (Fsp3) is 0.500. The number of hydrogen-bond acceptors (Lipinski definition) is 5. The number of carbonyl (C=O) groups is 1. The second kappa shape index (κ2) is 7.09. The third kappa shape index (κ3) is 3.41. The fourth-order valence-corrected chi connectivity index (χ4v) is 4.44. The highest BCUT2D eigenvalue weighted by Crippen LogP contribution is 2.34. The highest BCUT2D eigenvalue weighted by Gasteiger charge is 2.40. The van der Waals surface area contributed by atoms with Gasteiger partial charge in [-0.05, 0) is 53.4 Å². The lowest BCUT2D eigenvalue weighted by atomic mass is 9.84. The average molecular weight is 346 g/mol. The number of fused-ring (bicyclic) bond motifs is 1. The first kappa shape index (κ1) is 15.9. The Morgan fingerprint density at radius 3 is 3.17 bits per heavy atom. The first-order valence-corrected chi connectivity index (χ1v) is 9.40. The standard InChI is InChI=1S/C18H22N2O3S/c21-18(16-2-1-6-22-16)19-8-17-15-10-20(5-3-14(15)11-23-17)9-13-4-7-24-12-13/h1-2,4,6-7,12,14-15,17H,3,5,8-11H2,(H,19,21)/t14-,15-,17+/m0/s1. The Morgan fingerprint density at radius 1 is 1.42 bits per heavy atom. The maximum Gasteiger partial charge on any atom is 0.287 e. The Bertz CT molecular complexity index is 656. The van der Waals surface area contributed by atoms with Crippen molar-refractivity contribution in [3.8, 4) is 0 Å². The Kier molecular flexibility index (Phi) is 4.69. The molecular formula is C18H22N2O3S. The van der Waals surface area contributed by atoms with Gasteiger partial charge in [-0.1, -0.05) is 0 Å². The molecule has 0 bridgehead atoms. The summed E-state index contributed by atoms with van der Waals surface area (Å²) in [6.07, 6.45) is 2.79. The molecule has 3 atom stereocenters. The van der Waals surface area contributed by atoms with Crippen molar-refractivity contribution in [2.24, 2.45) is 11.8 Å². The molecule has 2 aliphatic heterocycles. The number of likely N-dealkylation sites (tertiary alicyclic amines) is 1. The molecule has 0 saturated carbocycles. The quantitative estimate of drug-likeness (QED) is 0.904. The lowest BCUT2D eigenvalue weighted by molar-refractivity contribution is 0.0668. The molecule has 4 rings (SSSR count). The van der Waals surface area contributed by atoms with Crippen LogP contribution in [0, 0.1) is 11.8 Å². The van der Waals surface area contributed by atoms with E-state index in [1.807, 2.05) is 0 Å². The van der Waals surface area contributed by atoms with Crippen LogP contribution in [0.25, 0.3) is 0 Å². The van der Waals surface area contributed by atoms with E-state index >= 15 is 0 Å². The van der Waals surface area contributed by atoms with E-state index in [0.717, 1.165) is 26.2 Å². The summed E-state index contributed by atoms with van der Waals surface area (Å²) in [5.41, 5.74) is 1.39. The summed E-state index contributed by atoms with van der Waals surface area (Å²) in [7, 11) is 0. The summed E-state index contributed by atoms with van der Waals surface area (Å²) in [6.45, 7) is 4.55. The van der Waals surface area contributed by atoms with Gasteiger partial charge >= 0.3 is 0 Å². The number of amides is 1.